The van der Waals surface area contributed by atoms with Gasteiger partial charge in [0.25, 0.3) is 0 Å². The Hall–Kier alpha value is -2.62. The highest BCUT2D eigenvalue weighted by Crippen LogP contribution is 2.28. The van der Waals surface area contributed by atoms with Crippen LogP contribution in [0.2, 0.25) is 0 Å². The number of halogens is 4. The number of anilines is 1. The molecule has 0 fully saturated rings. The Morgan fingerprint density at radius 3 is 2.47 bits per heavy atom. The number of ketones is 1. The highest BCUT2D eigenvalue weighted by Gasteiger charge is 2.14. The first-order valence-corrected chi connectivity index (χ1v) is 9.67. The van der Waals surface area contributed by atoms with E-state index in [9.17, 15) is 18.0 Å². The zero-order valence-corrected chi connectivity index (χ0v) is 17.5. The molecule has 0 spiro atoms. The topological polar surface area (TPSA) is 74.0 Å². The summed E-state index contributed by atoms with van der Waals surface area (Å²) in [4.78, 5) is 19.6. The summed E-state index contributed by atoms with van der Waals surface area (Å²) < 4.78 is 43.9. The van der Waals surface area contributed by atoms with Crippen LogP contribution in [-0.2, 0) is 0 Å². The number of allylic oxidation sites excluding steroid dienone is 2. The van der Waals surface area contributed by atoms with Gasteiger partial charge in [-0.05, 0) is 55.1 Å². The number of alkyl halides is 1. The number of aliphatic hydroxyl groups excluding tert-OH is 1. The van der Waals surface area contributed by atoms with Crippen LogP contribution in [-0.4, -0.2) is 36.9 Å². The summed E-state index contributed by atoms with van der Waals surface area (Å²) in [6.45, 7) is 3.39. The molecule has 2 rings (SSSR count). The monoisotopic (exact) mass is 457 g/mol. The molecule has 2 aromatic carbocycles. The Labute approximate surface area is 181 Å². The van der Waals surface area contributed by atoms with E-state index < -0.39 is 17.5 Å². The fraction of sp³-hybridized carbons (Fsp3) is 0.150. The molecule has 0 aromatic heterocycles. The average Bonchev–Trinajstić information content (AvgIpc) is 2.75. The number of carbonyl (C=O) groups is 1. The number of aliphatic hydroxyl groups is 1. The predicted molar refractivity (Wildman–Crippen MR) is 116 cm³/mol. The summed E-state index contributed by atoms with van der Waals surface area (Å²) in [6.07, 6.45) is 2.81. The van der Waals surface area contributed by atoms with Crippen molar-refractivity contribution in [1.29, 1.82) is 0 Å². The van der Waals surface area contributed by atoms with E-state index in [2.05, 4.69) is 21.4 Å². The maximum Gasteiger partial charge on any atom is 0.168 e. The molecule has 0 aliphatic rings. The minimum Gasteiger partial charge on any atom is -0.400 e. The fourth-order valence-corrected chi connectivity index (χ4v) is 2.85. The molecule has 0 aliphatic heterocycles. The molecule has 0 heterocycles. The molecule has 160 valence electrons. The maximum atomic E-state index is 14.0. The number of nitrogens with one attached hydrogen (secondary N) is 1. The van der Waals surface area contributed by atoms with Crippen molar-refractivity contribution in [1.82, 2.24) is 0 Å². The third-order valence-corrected chi connectivity index (χ3v) is 4.51. The van der Waals surface area contributed by atoms with Crippen molar-refractivity contribution >= 4 is 48.0 Å². The van der Waals surface area contributed by atoms with Gasteiger partial charge in [0.15, 0.2) is 5.78 Å². The Morgan fingerprint density at radius 2 is 1.87 bits per heavy atom. The summed E-state index contributed by atoms with van der Waals surface area (Å²) in [6, 6.07) is 7.14. The van der Waals surface area contributed by atoms with Crippen molar-refractivity contribution in [3.8, 4) is 0 Å². The molecule has 2 N–H and O–H groups in total. The molecule has 0 saturated heterocycles. The third-order valence-electron chi connectivity index (χ3n) is 3.46. The van der Waals surface area contributed by atoms with E-state index >= 15 is 0 Å². The Morgan fingerprint density at radius 1 is 1.20 bits per heavy atom. The lowest BCUT2D eigenvalue weighted by molar-refractivity contribution is 0.0992. The molecule has 10 heteroatoms. The van der Waals surface area contributed by atoms with E-state index in [1.807, 2.05) is 0 Å². The van der Waals surface area contributed by atoms with Gasteiger partial charge in [0.1, 0.15) is 23.5 Å². The van der Waals surface area contributed by atoms with Crippen molar-refractivity contribution in [3.05, 3.63) is 71.2 Å². The minimum atomic E-state index is -0.782. The summed E-state index contributed by atoms with van der Waals surface area (Å²) in [5, 5.41) is 7.00. The number of hydrogen-bond donors (Lipinski definition) is 2. The molecule has 0 unspecified atom stereocenters. The zero-order chi connectivity index (χ0) is 22.5. The summed E-state index contributed by atoms with van der Waals surface area (Å²) >= 11 is 6.00. The van der Waals surface area contributed by atoms with Crippen molar-refractivity contribution in [2.45, 2.75) is 11.3 Å². The predicted octanol–water partition coefficient (Wildman–Crippen LogP) is 5.26. The molecule has 5 nitrogen and oxygen atoms in total. The first-order chi connectivity index (χ1) is 14.5. The number of carbonyl (C=O) groups excluding carboxylic acids is 1. The van der Waals surface area contributed by atoms with Crippen LogP contribution in [0.5, 0.6) is 0 Å². The standard InChI is InChI=1S/C19H15ClF3N3OS.CH4O/c1-24-13(7-8-25-11-20)10-18(27)12-5-6-14(21)17(9-12)26-28-19-15(22)3-2-4-16(19)23;1-2/h2-9,26H,1,10-11H2;2H,1H3/b13-7-,25-8-;. The van der Waals surface area contributed by atoms with Gasteiger partial charge in [-0.1, -0.05) is 6.07 Å². The molecule has 0 saturated carbocycles. The van der Waals surface area contributed by atoms with E-state index in [4.69, 9.17) is 16.7 Å². The largest absolute Gasteiger partial charge is 0.400 e. The van der Waals surface area contributed by atoms with Crippen LogP contribution in [0.4, 0.5) is 18.9 Å². The lowest BCUT2D eigenvalue weighted by Gasteiger charge is -2.10. The Kier molecular flexibility index (Phi) is 11.5. The van der Waals surface area contributed by atoms with Gasteiger partial charge in [0.2, 0.25) is 0 Å². The number of hydrogen-bond acceptors (Lipinski definition) is 6. The van der Waals surface area contributed by atoms with Gasteiger partial charge < -0.3 is 9.83 Å². The van der Waals surface area contributed by atoms with Gasteiger partial charge >= 0.3 is 0 Å². The van der Waals surface area contributed by atoms with Crippen molar-refractivity contribution in [2.24, 2.45) is 9.98 Å². The smallest absolute Gasteiger partial charge is 0.168 e. The molecular formula is C20H19ClF3N3O2S. The van der Waals surface area contributed by atoms with Crippen molar-refractivity contribution < 1.29 is 23.1 Å². The van der Waals surface area contributed by atoms with Crippen LogP contribution in [0.3, 0.4) is 0 Å². The lowest BCUT2D eigenvalue weighted by Crippen LogP contribution is -2.03. The fourth-order valence-electron chi connectivity index (χ4n) is 2.08. The first-order valence-electron chi connectivity index (χ1n) is 8.32. The van der Waals surface area contributed by atoms with Gasteiger partial charge in [-0.3, -0.25) is 14.8 Å². The van der Waals surface area contributed by atoms with E-state index in [1.54, 1.807) is 0 Å². The summed E-state index contributed by atoms with van der Waals surface area (Å²) in [5.41, 5.74) is 0.474. The molecule has 30 heavy (non-hydrogen) atoms. The number of nitrogens with zero attached hydrogens (tertiary/aromatic N) is 2. The highest BCUT2D eigenvalue weighted by molar-refractivity contribution is 8.00. The third kappa shape index (κ3) is 7.66. The molecule has 0 bridgehead atoms. The van der Waals surface area contributed by atoms with Gasteiger partial charge in [-0.15, -0.1) is 11.6 Å². The summed E-state index contributed by atoms with van der Waals surface area (Å²) in [5.74, 6) is -2.58. The van der Waals surface area contributed by atoms with Crippen LogP contribution in [0.15, 0.2) is 63.1 Å². The minimum absolute atomic E-state index is 0.0716. The van der Waals surface area contributed by atoms with Gasteiger partial charge in [0, 0.05) is 24.6 Å². The Bertz CT molecular complexity index is 919. The van der Waals surface area contributed by atoms with Crippen molar-refractivity contribution in [2.75, 3.05) is 17.8 Å². The van der Waals surface area contributed by atoms with Gasteiger partial charge in [-0.25, -0.2) is 13.2 Å². The van der Waals surface area contributed by atoms with Crippen LogP contribution in [0.25, 0.3) is 0 Å². The van der Waals surface area contributed by atoms with Gasteiger partial charge in [-0.2, -0.15) is 0 Å². The molecule has 0 amide bonds. The maximum absolute atomic E-state index is 14.0. The normalized spacial score (nSPS) is 11.1. The van der Waals surface area contributed by atoms with E-state index in [0.29, 0.717) is 17.6 Å². The van der Waals surface area contributed by atoms with E-state index in [-0.39, 0.29) is 34.4 Å². The number of Topliss-reactive ketones (excluding diaryl/α,β-unsaturated/α-hetero) is 1. The highest BCUT2D eigenvalue weighted by atomic mass is 35.5. The van der Waals surface area contributed by atoms with E-state index in [0.717, 1.165) is 25.3 Å². The Balaban J connectivity index is 0.00000218. The quantitative estimate of drug-likeness (QED) is 0.177. The van der Waals surface area contributed by atoms with Crippen LogP contribution in [0, 0.1) is 17.5 Å². The second-order valence-electron chi connectivity index (χ2n) is 5.32. The second-order valence-corrected chi connectivity index (χ2v) is 6.37. The number of rotatable bonds is 9. The zero-order valence-electron chi connectivity index (χ0n) is 15.9. The number of benzene rings is 2. The molecular weight excluding hydrogens is 439 g/mol. The lowest BCUT2D eigenvalue weighted by atomic mass is 10.1. The molecule has 0 atom stereocenters. The molecule has 2 aromatic rings. The molecule has 0 aliphatic carbocycles. The van der Waals surface area contributed by atoms with Crippen molar-refractivity contribution in [3.63, 3.8) is 0 Å². The van der Waals surface area contributed by atoms with Crippen LogP contribution >= 0.6 is 23.5 Å². The van der Waals surface area contributed by atoms with Crippen LogP contribution in [0.1, 0.15) is 16.8 Å². The van der Waals surface area contributed by atoms with Gasteiger partial charge in [0.05, 0.1) is 17.0 Å². The average molecular weight is 458 g/mol. The van der Waals surface area contributed by atoms with E-state index in [1.165, 1.54) is 30.5 Å². The van der Waals surface area contributed by atoms with Crippen LogP contribution < -0.4 is 4.72 Å². The second kappa shape index (κ2) is 13.6. The summed E-state index contributed by atoms with van der Waals surface area (Å²) in [7, 11) is 1.00. The SMILES string of the molecule is C=N/C(=C\C=N/CCl)CC(=O)c1ccc(F)c(NSc2c(F)cccc2F)c1.CO. The molecule has 0 radical (unpaired) electrons. The first kappa shape index (κ1) is 25.4. The number of aliphatic imine (C=N–C) groups is 2.